The van der Waals surface area contributed by atoms with E-state index in [2.05, 4.69) is 13.8 Å². The number of benzene rings is 1. The number of likely N-dealkylation sites (tertiary alicyclic amines) is 1. The lowest BCUT2D eigenvalue weighted by Gasteiger charge is -2.39. The van der Waals surface area contributed by atoms with Crippen LogP contribution in [-0.2, 0) is 11.3 Å². The van der Waals surface area contributed by atoms with Crippen LogP contribution in [0.4, 0.5) is 5.69 Å². The fourth-order valence-corrected chi connectivity index (χ4v) is 4.37. The normalized spacial score (nSPS) is 34.0. The fourth-order valence-electron chi connectivity index (χ4n) is 4.37. The molecule has 6 heteroatoms. The third-order valence-corrected chi connectivity index (χ3v) is 5.46. The van der Waals surface area contributed by atoms with E-state index in [0.717, 1.165) is 38.3 Å². The molecule has 1 aromatic rings. The molecule has 0 amide bonds. The van der Waals surface area contributed by atoms with Crippen molar-refractivity contribution in [2.45, 2.75) is 51.5 Å². The maximum atomic E-state index is 11.2. The predicted octanol–water partition coefficient (Wildman–Crippen LogP) is -0.166. The van der Waals surface area contributed by atoms with Crippen LogP contribution in [0.1, 0.15) is 32.3 Å². The Bertz CT molecular complexity index is 562. The molecule has 2 saturated heterocycles. The minimum Gasteiger partial charge on any atom is -0.364 e. The van der Waals surface area contributed by atoms with Gasteiger partial charge >= 0.3 is 0 Å². The Labute approximate surface area is 143 Å². The largest absolute Gasteiger partial charge is 0.364 e. The Morgan fingerprint density at radius 2 is 1.79 bits per heavy atom. The molecule has 2 heterocycles. The number of para-hydroxylation sites is 1. The molecular formula is C18H29N3O3+2. The van der Waals surface area contributed by atoms with E-state index in [0.29, 0.717) is 18.2 Å². The van der Waals surface area contributed by atoms with E-state index in [4.69, 9.17) is 4.74 Å². The lowest BCUT2D eigenvalue weighted by atomic mass is 10.0. The minimum absolute atomic E-state index is 0.258. The van der Waals surface area contributed by atoms with E-state index in [1.807, 2.05) is 12.1 Å². The van der Waals surface area contributed by atoms with Gasteiger partial charge in [-0.25, -0.2) is 0 Å². The van der Waals surface area contributed by atoms with Crippen LogP contribution in [0.25, 0.3) is 0 Å². The number of nitro groups is 1. The zero-order chi connectivity index (χ0) is 17.1. The molecular weight excluding hydrogens is 306 g/mol. The summed E-state index contributed by atoms with van der Waals surface area (Å²) in [6.45, 7) is 9.51. The summed E-state index contributed by atoms with van der Waals surface area (Å²) in [6, 6.07) is 7.87. The van der Waals surface area contributed by atoms with Crippen LogP contribution in [0.15, 0.2) is 24.3 Å². The molecule has 3 atom stereocenters. The number of nitrogens with zero attached hydrogens (tertiary/aromatic N) is 1. The molecule has 1 unspecified atom stereocenters. The van der Waals surface area contributed by atoms with Crippen molar-refractivity contribution < 1.29 is 19.5 Å². The number of quaternary nitrogens is 2. The summed E-state index contributed by atoms with van der Waals surface area (Å²) in [4.78, 5) is 14.1. The molecule has 0 spiro atoms. The van der Waals surface area contributed by atoms with Crippen LogP contribution >= 0.6 is 0 Å². The molecule has 6 nitrogen and oxygen atoms in total. The highest BCUT2D eigenvalue weighted by Gasteiger charge is 2.35. The van der Waals surface area contributed by atoms with Crippen LogP contribution in [0, 0.1) is 10.1 Å². The monoisotopic (exact) mass is 335 g/mol. The Morgan fingerprint density at radius 3 is 2.42 bits per heavy atom. The first kappa shape index (κ1) is 17.3. The molecule has 0 radical (unpaired) electrons. The third-order valence-electron chi connectivity index (χ3n) is 5.46. The maximum absolute atomic E-state index is 11.2. The lowest BCUT2D eigenvalue weighted by Crippen LogP contribution is -3.22. The molecule has 2 N–H and O–H groups in total. The van der Waals surface area contributed by atoms with Crippen molar-refractivity contribution in [3.8, 4) is 0 Å². The van der Waals surface area contributed by atoms with Gasteiger partial charge in [-0.3, -0.25) is 10.1 Å². The van der Waals surface area contributed by atoms with Gasteiger partial charge in [0.05, 0.1) is 29.6 Å². The molecule has 2 fully saturated rings. The van der Waals surface area contributed by atoms with Crippen LogP contribution < -0.4 is 9.80 Å². The average Bonchev–Trinajstić information content (AvgIpc) is 2.55. The number of piperidine rings is 1. The van der Waals surface area contributed by atoms with Crippen molar-refractivity contribution >= 4 is 5.69 Å². The first-order chi connectivity index (χ1) is 11.5. The van der Waals surface area contributed by atoms with Crippen LogP contribution in [0.5, 0.6) is 0 Å². The van der Waals surface area contributed by atoms with Crippen molar-refractivity contribution in [3.05, 3.63) is 39.9 Å². The van der Waals surface area contributed by atoms with E-state index in [9.17, 15) is 10.1 Å². The molecule has 2 aliphatic rings. The van der Waals surface area contributed by atoms with Gasteiger partial charge in [0.1, 0.15) is 31.8 Å². The zero-order valence-electron chi connectivity index (χ0n) is 14.7. The number of rotatable bonds is 4. The van der Waals surface area contributed by atoms with E-state index < -0.39 is 0 Å². The van der Waals surface area contributed by atoms with Gasteiger partial charge in [0.2, 0.25) is 0 Å². The zero-order valence-corrected chi connectivity index (χ0v) is 14.7. The summed E-state index contributed by atoms with van der Waals surface area (Å²) < 4.78 is 5.85. The fraction of sp³-hybridized carbons (Fsp3) is 0.667. The summed E-state index contributed by atoms with van der Waals surface area (Å²) in [6.07, 6.45) is 3.09. The highest BCUT2D eigenvalue weighted by molar-refractivity contribution is 5.39. The Balaban J connectivity index is 1.55. The van der Waals surface area contributed by atoms with Crippen molar-refractivity contribution in [2.75, 3.05) is 26.2 Å². The molecule has 132 valence electrons. The summed E-state index contributed by atoms with van der Waals surface area (Å²) in [5.41, 5.74) is 1.12. The van der Waals surface area contributed by atoms with Gasteiger partial charge in [-0.05, 0) is 19.9 Å². The molecule has 1 aromatic carbocycles. The van der Waals surface area contributed by atoms with Gasteiger partial charge in [0, 0.05) is 18.9 Å². The number of hydrogen-bond donors (Lipinski definition) is 2. The van der Waals surface area contributed by atoms with Crippen molar-refractivity contribution in [3.63, 3.8) is 0 Å². The molecule has 2 aliphatic heterocycles. The number of ether oxygens (including phenoxy) is 1. The van der Waals surface area contributed by atoms with Gasteiger partial charge in [0.25, 0.3) is 5.69 Å². The SMILES string of the molecule is C[C@@H]1C[NH+](C2CC[NH+](Cc3ccccc3[N+](=O)[O-])CC2)C[C@H](C)O1. The highest BCUT2D eigenvalue weighted by Crippen LogP contribution is 2.16. The average molecular weight is 335 g/mol. The summed E-state index contributed by atoms with van der Waals surface area (Å²) in [5, 5.41) is 11.2. The Morgan fingerprint density at radius 1 is 1.17 bits per heavy atom. The second-order valence-electron chi connectivity index (χ2n) is 7.41. The number of hydrogen-bond acceptors (Lipinski definition) is 3. The van der Waals surface area contributed by atoms with Crippen LogP contribution in [-0.4, -0.2) is 49.4 Å². The Kier molecular flexibility index (Phi) is 5.48. The molecule has 0 aliphatic carbocycles. The second-order valence-corrected chi connectivity index (χ2v) is 7.41. The highest BCUT2D eigenvalue weighted by atomic mass is 16.6. The quantitative estimate of drug-likeness (QED) is 0.593. The predicted molar refractivity (Wildman–Crippen MR) is 91.2 cm³/mol. The van der Waals surface area contributed by atoms with Gasteiger partial charge in [-0.2, -0.15) is 0 Å². The molecule has 0 bridgehead atoms. The summed E-state index contributed by atoms with van der Waals surface area (Å²) in [7, 11) is 0. The van der Waals surface area contributed by atoms with Crippen molar-refractivity contribution in [1.82, 2.24) is 0 Å². The first-order valence-electron chi connectivity index (χ1n) is 9.09. The molecule has 0 aromatic heterocycles. The van der Waals surface area contributed by atoms with E-state index in [1.165, 1.54) is 17.7 Å². The van der Waals surface area contributed by atoms with Gasteiger partial charge < -0.3 is 14.5 Å². The summed E-state index contributed by atoms with van der Waals surface area (Å²) in [5.74, 6) is 0. The van der Waals surface area contributed by atoms with E-state index >= 15 is 0 Å². The van der Waals surface area contributed by atoms with Crippen LogP contribution in [0.3, 0.4) is 0 Å². The van der Waals surface area contributed by atoms with Gasteiger partial charge in [0.15, 0.2) is 0 Å². The molecule has 3 rings (SSSR count). The van der Waals surface area contributed by atoms with Gasteiger partial charge in [-0.15, -0.1) is 0 Å². The number of morpholine rings is 1. The van der Waals surface area contributed by atoms with Crippen molar-refractivity contribution in [2.24, 2.45) is 0 Å². The van der Waals surface area contributed by atoms with Crippen LogP contribution in [0.2, 0.25) is 0 Å². The third kappa shape index (κ3) is 4.12. The van der Waals surface area contributed by atoms with E-state index in [-0.39, 0.29) is 10.6 Å². The lowest BCUT2D eigenvalue weighted by molar-refractivity contribution is -0.970. The maximum Gasteiger partial charge on any atom is 0.278 e. The smallest absolute Gasteiger partial charge is 0.278 e. The van der Waals surface area contributed by atoms with Crippen molar-refractivity contribution in [1.29, 1.82) is 0 Å². The molecule has 0 saturated carbocycles. The second kappa shape index (κ2) is 7.59. The summed E-state index contributed by atoms with van der Waals surface area (Å²) >= 11 is 0. The number of nitrogens with one attached hydrogen (secondary N) is 2. The van der Waals surface area contributed by atoms with Gasteiger partial charge in [-0.1, -0.05) is 12.1 Å². The van der Waals surface area contributed by atoms with E-state index in [1.54, 1.807) is 17.0 Å². The standard InChI is InChI=1S/C18H27N3O3/c1-14-11-20(12-15(2)24-14)17-7-9-19(10-8-17)13-16-5-3-4-6-18(16)21(22)23/h3-6,14-15,17H,7-13H2,1-2H3/p+2/t14-,15+. The Hall–Kier alpha value is -1.50. The number of nitro benzene ring substituents is 1. The molecule has 24 heavy (non-hydrogen) atoms. The topological polar surface area (TPSA) is 61.2 Å². The first-order valence-corrected chi connectivity index (χ1v) is 9.09. The minimum atomic E-state index is -0.262.